The van der Waals surface area contributed by atoms with Gasteiger partial charge in [-0.25, -0.2) is 9.97 Å². The Bertz CT molecular complexity index is 842. The highest BCUT2D eigenvalue weighted by atomic mass is 32.1. The largest absolute Gasteiger partial charge is 0.481 e. The lowest BCUT2D eigenvalue weighted by Crippen LogP contribution is -2.26. The quantitative estimate of drug-likeness (QED) is 0.791. The van der Waals surface area contributed by atoms with E-state index in [0.717, 1.165) is 53.1 Å². The van der Waals surface area contributed by atoms with Crippen LogP contribution in [0.2, 0.25) is 0 Å². The predicted octanol–water partition coefficient (Wildman–Crippen LogP) is 2.27. The molecule has 1 atom stereocenters. The lowest BCUT2D eigenvalue weighted by molar-refractivity contribution is 0.377. The molecule has 0 spiro atoms. The Kier molecular flexibility index (Phi) is 3.60. The molecule has 7 nitrogen and oxygen atoms in total. The second-order valence-corrected chi connectivity index (χ2v) is 6.73. The minimum atomic E-state index is 0.562. The molecular weight excluding hydrogens is 312 g/mol. The molecule has 4 heterocycles. The van der Waals surface area contributed by atoms with Crippen LogP contribution in [0.15, 0.2) is 12.1 Å². The fourth-order valence-electron chi connectivity index (χ4n) is 2.92. The number of thiazole rings is 1. The van der Waals surface area contributed by atoms with Crippen molar-refractivity contribution in [3.8, 4) is 5.88 Å². The summed E-state index contributed by atoms with van der Waals surface area (Å²) in [6.07, 6.45) is 2.12. The number of methoxy groups -OCH3 is 1. The molecule has 3 aromatic heterocycles. The van der Waals surface area contributed by atoms with E-state index in [1.165, 1.54) is 0 Å². The van der Waals surface area contributed by atoms with Crippen LogP contribution in [0.3, 0.4) is 0 Å². The highest BCUT2D eigenvalue weighted by Gasteiger charge is 2.21. The zero-order valence-corrected chi connectivity index (χ0v) is 13.9. The van der Waals surface area contributed by atoms with Crippen LogP contribution in [0.5, 0.6) is 5.88 Å². The normalized spacial score (nSPS) is 17.2. The number of rotatable bonds is 4. The first-order valence-corrected chi connectivity index (χ1v) is 8.48. The van der Waals surface area contributed by atoms with Crippen molar-refractivity contribution in [2.24, 2.45) is 5.92 Å². The van der Waals surface area contributed by atoms with E-state index < -0.39 is 0 Å². The second kappa shape index (κ2) is 5.77. The van der Waals surface area contributed by atoms with Crippen molar-refractivity contribution in [1.82, 2.24) is 24.7 Å². The first-order chi connectivity index (χ1) is 11.2. The molecule has 4 rings (SSSR count). The Labute approximate surface area is 137 Å². The molecule has 3 aromatic rings. The standard InChI is InChI=1S/C15H18N6OS/c1-9-19-20-12-5-3-10(8-21(9)12)7-16-15-17-11-4-6-13(22-2)18-14(11)23-15/h4,6,10H,3,5,7-8H2,1-2H3,(H,16,17). The molecule has 0 bridgehead atoms. The number of aryl methyl sites for hydroxylation is 2. The van der Waals surface area contributed by atoms with Crippen molar-refractivity contribution in [3.05, 3.63) is 23.8 Å². The maximum absolute atomic E-state index is 5.16. The summed E-state index contributed by atoms with van der Waals surface area (Å²) in [5, 5.41) is 12.7. The van der Waals surface area contributed by atoms with Gasteiger partial charge >= 0.3 is 0 Å². The van der Waals surface area contributed by atoms with E-state index >= 15 is 0 Å². The monoisotopic (exact) mass is 330 g/mol. The van der Waals surface area contributed by atoms with Crippen molar-refractivity contribution >= 4 is 26.8 Å². The van der Waals surface area contributed by atoms with Crippen LogP contribution in [-0.4, -0.2) is 38.4 Å². The summed E-state index contributed by atoms with van der Waals surface area (Å²) in [6.45, 7) is 3.88. The number of nitrogens with zero attached hydrogens (tertiary/aromatic N) is 5. The van der Waals surface area contributed by atoms with Crippen LogP contribution >= 0.6 is 11.3 Å². The first-order valence-electron chi connectivity index (χ1n) is 7.67. The van der Waals surface area contributed by atoms with Gasteiger partial charge in [0.05, 0.1) is 7.11 Å². The summed E-state index contributed by atoms with van der Waals surface area (Å²) in [6, 6.07) is 3.78. The number of ether oxygens (including phenoxy) is 1. The highest BCUT2D eigenvalue weighted by Crippen LogP contribution is 2.27. The fraction of sp³-hybridized carbons (Fsp3) is 0.467. The number of hydrogen-bond acceptors (Lipinski definition) is 7. The van der Waals surface area contributed by atoms with E-state index in [1.54, 1.807) is 18.4 Å². The van der Waals surface area contributed by atoms with Gasteiger partial charge in [0.2, 0.25) is 5.88 Å². The predicted molar refractivity (Wildman–Crippen MR) is 89.0 cm³/mol. The molecule has 0 radical (unpaired) electrons. The number of hydrogen-bond donors (Lipinski definition) is 1. The number of anilines is 1. The molecular formula is C15H18N6OS. The van der Waals surface area contributed by atoms with E-state index in [4.69, 9.17) is 4.74 Å². The first kappa shape index (κ1) is 14.4. The Hall–Kier alpha value is -2.22. The van der Waals surface area contributed by atoms with Gasteiger partial charge in [-0.3, -0.25) is 0 Å². The average Bonchev–Trinajstić information content (AvgIpc) is 3.15. The summed E-state index contributed by atoms with van der Waals surface area (Å²) in [5.74, 6) is 3.29. The minimum Gasteiger partial charge on any atom is -0.481 e. The van der Waals surface area contributed by atoms with E-state index in [-0.39, 0.29) is 0 Å². The minimum absolute atomic E-state index is 0.562. The molecule has 23 heavy (non-hydrogen) atoms. The van der Waals surface area contributed by atoms with Gasteiger partial charge in [0.1, 0.15) is 22.0 Å². The van der Waals surface area contributed by atoms with E-state index in [2.05, 4.69) is 30.0 Å². The third-order valence-corrected chi connectivity index (χ3v) is 5.13. The van der Waals surface area contributed by atoms with Gasteiger partial charge in [0, 0.05) is 25.6 Å². The average molecular weight is 330 g/mol. The summed E-state index contributed by atoms with van der Waals surface area (Å²) in [5.41, 5.74) is 0.902. The molecule has 0 aromatic carbocycles. The van der Waals surface area contributed by atoms with Crippen LogP contribution in [0.4, 0.5) is 5.13 Å². The molecule has 1 unspecified atom stereocenters. The van der Waals surface area contributed by atoms with Crippen molar-refractivity contribution in [2.45, 2.75) is 26.3 Å². The van der Waals surface area contributed by atoms with Gasteiger partial charge in [-0.2, -0.15) is 0 Å². The number of aromatic nitrogens is 5. The van der Waals surface area contributed by atoms with Crippen molar-refractivity contribution < 1.29 is 4.74 Å². The van der Waals surface area contributed by atoms with Gasteiger partial charge < -0.3 is 14.6 Å². The maximum atomic E-state index is 5.16. The smallest absolute Gasteiger partial charge is 0.214 e. The zero-order valence-electron chi connectivity index (χ0n) is 13.1. The molecule has 8 heteroatoms. The number of nitrogens with one attached hydrogen (secondary N) is 1. The molecule has 1 aliphatic rings. The number of fused-ring (bicyclic) bond motifs is 2. The molecule has 1 N–H and O–H groups in total. The molecule has 0 aliphatic carbocycles. The summed E-state index contributed by atoms with van der Waals surface area (Å²) in [4.78, 5) is 9.89. The van der Waals surface area contributed by atoms with Crippen LogP contribution < -0.4 is 10.1 Å². The van der Waals surface area contributed by atoms with Crippen molar-refractivity contribution in [3.63, 3.8) is 0 Å². The van der Waals surface area contributed by atoms with E-state index in [0.29, 0.717) is 11.8 Å². The Morgan fingerprint density at radius 1 is 1.35 bits per heavy atom. The Morgan fingerprint density at radius 3 is 3.13 bits per heavy atom. The summed E-state index contributed by atoms with van der Waals surface area (Å²) in [7, 11) is 1.62. The Balaban J connectivity index is 1.44. The summed E-state index contributed by atoms with van der Waals surface area (Å²) >= 11 is 1.56. The van der Waals surface area contributed by atoms with Crippen LogP contribution in [-0.2, 0) is 13.0 Å². The SMILES string of the molecule is COc1ccc2nc(NCC3CCc4nnc(C)n4C3)sc2n1. The molecule has 0 saturated carbocycles. The molecule has 120 valence electrons. The van der Waals surface area contributed by atoms with E-state index in [9.17, 15) is 0 Å². The van der Waals surface area contributed by atoms with Crippen molar-refractivity contribution in [2.75, 3.05) is 19.0 Å². The molecule has 0 saturated heterocycles. The highest BCUT2D eigenvalue weighted by molar-refractivity contribution is 7.21. The van der Waals surface area contributed by atoms with Gasteiger partial charge in [0.15, 0.2) is 5.13 Å². The fourth-order valence-corrected chi connectivity index (χ4v) is 3.75. The van der Waals surface area contributed by atoms with Gasteiger partial charge in [-0.15, -0.1) is 10.2 Å². The van der Waals surface area contributed by atoms with Gasteiger partial charge in [-0.05, 0) is 25.3 Å². The summed E-state index contributed by atoms with van der Waals surface area (Å²) < 4.78 is 7.38. The lowest BCUT2D eigenvalue weighted by atomic mass is 9.99. The Morgan fingerprint density at radius 2 is 2.26 bits per heavy atom. The van der Waals surface area contributed by atoms with Crippen molar-refractivity contribution in [1.29, 1.82) is 0 Å². The van der Waals surface area contributed by atoms with Gasteiger partial charge in [-0.1, -0.05) is 11.3 Å². The topological polar surface area (TPSA) is 77.8 Å². The number of pyridine rings is 1. The van der Waals surface area contributed by atoms with Crippen LogP contribution in [0, 0.1) is 12.8 Å². The molecule has 1 aliphatic heterocycles. The third kappa shape index (κ3) is 2.74. The lowest BCUT2D eigenvalue weighted by Gasteiger charge is -2.23. The van der Waals surface area contributed by atoms with Gasteiger partial charge in [0.25, 0.3) is 0 Å². The molecule has 0 amide bonds. The zero-order chi connectivity index (χ0) is 15.8. The van der Waals surface area contributed by atoms with E-state index in [1.807, 2.05) is 19.1 Å². The van der Waals surface area contributed by atoms with Crippen LogP contribution in [0.1, 0.15) is 18.1 Å². The molecule has 0 fully saturated rings. The van der Waals surface area contributed by atoms with Crippen LogP contribution in [0.25, 0.3) is 10.3 Å². The second-order valence-electron chi connectivity index (χ2n) is 5.76. The third-order valence-electron chi connectivity index (χ3n) is 4.21. The maximum Gasteiger partial charge on any atom is 0.214 e.